The molecule has 3 heteroatoms. The van der Waals surface area contributed by atoms with Gasteiger partial charge in [-0.15, -0.1) is 0 Å². The number of hydrogen-bond donors (Lipinski definition) is 0. The van der Waals surface area contributed by atoms with Crippen molar-refractivity contribution in [1.82, 2.24) is 0 Å². The van der Waals surface area contributed by atoms with E-state index < -0.39 is 0 Å². The molecule has 1 aliphatic rings. The lowest BCUT2D eigenvalue weighted by atomic mass is 9.85. The van der Waals surface area contributed by atoms with Crippen LogP contribution in [0.5, 0.6) is 0 Å². The van der Waals surface area contributed by atoms with Gasteiger partial charge in [-0.25, -0.2) is 0 Å². The van der Waals surface area contributed by atoms with Gasteiger partial charge in [-0.05, 0) is 13.8 Å². The predicted octanol–water partition coefficient (Wildman–Crippen LogP) is 3.12. The highest BCUT2D eigenvalue weighted by atomic mass is 79.9. The second-order valence-electron chi connectivity index (χ2n) is 4.46. The molecular formula is C11H19BrO2. The Labute approximate surface area is 94.8 Å². The molecular weight excluding hydrogens is 244 g/mol. The average molecular weight is 263 g/mol. The van der Waals surface area contributed by atoms with Crippen molar-refractivity contribution in [3.05, 3.63) is 10.6 Å². The van der Waals surface area contributed by atoms with Crippen molar-refractivity contribution >= 4 is 15.9 Å². The molecule has 82 valence electrons. The third-order valence-corrected chi connectivity index (χ3v) is 3.92. The Kier molecular flexibility index (Phi) is 3.45. The van der Waals surface area contributed by atoms with Crippen molar-refractivity contribution in [2.24, 2.45) is 5.41 Å². The summed E-state index contributed by atoms with van der Waals surface area (Å²) in [6.07, 6.45) is 2.25. The Bertz CT molecular complexity index is 248. The Hall–Kier alpha value is 0.140. The second kappa shape index (κ2) is 3.95. The molecule has 0 aliphatic heterocycles. The van der Waals surface area contributed by atoms with Crippen molar-refractivity contribution < 1.29 is 9.47 Å². The molecule has 0 bridgehead atoms. The summed E-state index contributed by atoms with van der Waals surface area (Å²) in [5.41, 5.74) is -0.334. The van der Waals surface area contributed by atoms with Crippen LogP contribution in [0.1, 0.15) is 27.7 Å². The van der Waals surface area contributed by atoms with Crippen LogP contribution in [0.15, 0.2) is 10.6 Å². The lowest BCUT2D eigenvalue weighted by Crippen LogP contribution is -2.46. The maximum Gasteiger partial charge on any atom is 0.123 e. The van der Waals surface area contributed by atoms with Crippen molar-refractivity contribution in [3.63, 3.8) is 0 Å². The first kappa shape index (κ1) is 12.2. The van der Waals surface area contributed by atoms with E-state index in [1.54, 1.807) is 7.11 Å². The molecule has 0 aromatic heterocycles. The van der Waals surface area contributed by atoms with E-state index in [2.05, 4.69) is 42.8 Å². The van der Waals surface area contributed by atoms with E-state index in [0.717, 1.165) is 4.48 Å². The molecule has 0 heterocycles. The van der Waals surface area contributed by atoms with E-state index in [1.807, 2.05) is 6.92 Å². The van der Waals surface area contributed by atoms with Crippen LogP contribution in [0.25, 0.3) is 0 Å². The summed E-state index contributed by atoms with van der Waals surface area (Å²) in [6, 6.07) is 0. The number of methoxy groups -OCH3 is 1. The lowest BCUT2D eigenvalue weighted by molar-refractivity contribution is -0.115. The molecule has 0 amide bonds. The summed E-state index contributed by atoms with van der Waals surface area (Å²) in [7, 11) is 1.72. The third-order valence-electron chi connectivity index (χ3n) is 2.91. The van der Waals surface area contributed by atoms with Gasteiger partial charge in [0.05, 0.1) is 6.10 Å². The molecule has 0 saturated carbocycles. The summed E-state index contributed by atoms with van der Waals surface area (Å²) in [6.45, 7) is 9.11. The van der Waals surface area contributed by atoms with Crippen LogP contribution in [0.3, 0.4) is 0 Å². The second-order valence-corrected chi connectivity index (χ2v) is 5.31. The number of halogens is 1. The van der Waals surface area contributed by atoms with E-state index in [1.165, 1.54) is 0 Å². The van der Waals surface area contributed by atoms with Gasteiger partial charge >= 0.3 is 0 Å². The molecule has 0 spiro atoms. The molecule has 0 aromatic carbocycles. The Morgan fingerprint density at radius 2 is 2.00 bits per heavy atom. The van der Waals surface area contributed by atoms with Crippen molar-refractivity contribution in [2.45, 2.75) is 39.4 Å². The largest absolute Gasteiger partial charge is 0.374 e. The molecule has 0 aromatic rings. The Morgan fingerprint density at radius 3 is 2.43 bits per heavy atom. The topological polar surface area (TPSA) is 18.5 Å². The first-order chi connectivity index (χ1) is 6.38. The highest BCUT2D eigenvalue weighted by Gasteiger charge is 2.51. The molecule has 0 saturated heterocycles. The zero-order valence-electron chi connectivity index (χ0n) is 9.56. The molecule has 0 N–H and O–H groups in total. The SMILES string of the molecule is CCO[C@H]1C(C)(C)C=C(Br)[C@]1(C)OC. The minimum atomic E-state index is -0.348. The van der Waals surface area contributed by atoms with Crippen molar-refractivity contribution in [3.8, 4) is 0 Å². The van der Waals surface area contributed by atoms with Gasteiger partial charge in [0, 0.05) is 23.6 Å². The van der Waals surface area contributed by atoms with Crippen LogP contribution in [-0.4, -0.2) is 25.4 Å². The molecule has 0 fully saturated rings. The fourth-order valence-electron chi connectivity index (χ4n) is 2.13. The molecule has 0 unspecified atom stereocenters. The molecule has 0 radical (unpaired) electrons. The van der Waals surface area contributed by atoms with Crippen LogP contribution >= 0.6 is 15.9 Å². The molecule has 2 atom stereocenters. The number of hydrogen-bond acceptors (Lipinski definition) is 2. The van der Waals surface area contributed by atoms with Gasteiger partial charge in [-0.1, -0.05) is 35.9 Å². The fraction of sp³-hybridized carbons (Fsp3) is 0.818. The van der Waals surface area contributed by atoms with Gasteiger partial charge in [0.1, 0.15) is 5.60 Å². The van der Waals surface area contributed by atoms with E-state index in [4.69, 9.17) is 9.47 Å². The molecule has 14 heavy (non-hydrogen) atoms. The van der Waals surface area contributed by atoms with E-state index in [9.17, 15) is 0 Å². The Morgan fingerprint density at radius 1 is 1.43 bits per heavy atom. The normalized spacial score (nSPS) is 35.9. The van der Waals surface area contributed by atoms with Gasteiger partial charge < -0.3 is 9.47 Å². The maximum atomic E-state index is 5.79. The van der Waals surface area contributed by atoms with Crippen molar-refractivity contribution in [2.75, 3.05) is 13.7 Å². The highest BCUT2D eigenvalue weighted by Crippen LogP contribution is 2.48. The first-order valence-electron chi connectivity index (χ1n) is 4.94. The third kappa shape index (κ3) is 1.77. The number of ether oxygens (including phenoxy) is 2. The lowest BCUT2D eigenvalue weighted by Gasteiger charge is -2.37. The van der Waals surface area contributed by atoms with Gasteiger partial charge in [0.25, 0.3) is 0 Å². The summed E-state index contributed by atoms with van der Waals surface area (Å²) < 4.78 is 12.4. The minimum absolute atomic E-state index is 0.0135. The molecule has 1 rings (SSSR count). The smallest absolute Gasteiger partial charge is 0.123 e. The molecule has 2 nitrogen and oxygen atoms in total. The standard InChI is InChI=1S/C11H19BrO2/c1-6-14-9-10(2,3)7-8(12)11(9,4)13-5/h7,9H,6H2,1-5H3/t9-,11-/m0/s1. The molecule has 1 aliphatic carbocycles. The Balaban J connectivity index is 3.00. The fourth-order valence-corrected chi connectivity index (χ4v) is 3.09. The first-order valence-corrected chi connectivity index (χ1v) is 5.73. The zero-order chi connectivity index (χ0) is 11.0. The van der Waals surface area contributed by atoms with Crippen molar-refractivity contribution in [1.29, 1.82) is 0 Å². The van der Waals surface area contributed by atoms with Crippen LogP contribution in [-0.2, 0) is 9.47 Å². The van der Waals surface area contributed by atoms with Gasteiger partial charge in [0.15, 0.2) is 0 Å². The summed E-state index contributed by atoms with van der Waals surface area (Å²) in [5.74, 6) is 0. The highest BCUT2D eigenvalue weighted by molar-refractivity contribution is 9.11. The van der Waals surface area contributed by atoms with Gasteiger partial charge in [0.2, 0.25) is 0 Å². The van der Waals surface area contributed by atoms with Gasteiger partial charge in [-0.2, -0.15) is 0 Å². The van der Waals surface area contributed by atoms with E-state index >= 15 is 0 Å². The predicted molar refractivity (Wildman–Crippen MR) is 61.6 cm³/mol. The van der Waals surface area contributed by atoms with Gasteiger partial charge in [-0.3, -0.25) is 0 Å². The van der Waals surface area contributed by atoms with E-state index in [0.29, 0.717) is 6.61 Å². The average Bonchev–Trinajstić information content (AvgIpc) is 2.26. The monoisotopic (exact) mass is 262 g/mol. The number of rotatable bonds is 3. The van der Waals surface area contributed by atoms with Crippen LogP contribution in [0, 0.1) is 5.41 Å². The van der Waals surface area contributed by atoms with Crippen LogP contribution < -0.4 is 0 Å². The summed E-state index contributed by atoms with van der Waals surface area (Å²) in [5, 5.41) is 0. The van der Waals surface area contributed by atoms with E-state index in [-0.39, 0.29) is 17.1 Å². The summed E-state index contributed by atoms with van der Waals surface area (Å²) in [4.78, 5) is 0. The maximum absolute atomic E-state index is 5.79. The van der Waals surface area contributed by atoms with Crippen LogP contribution in [0.4, 0.5) is 0 Å². The van der Waals surface area contributed by atoms with Crippen LogP contribution in [0.2, 0.25) is 0 Å². The zero-order valence-corrected chi connectivity index (χ0v) is 11.1. The quantitative estimate of drug-likeness (QED) is 0.778. The summed E-state index contributed by atoms with van der Waals surface area (Å²) >= 11 is 3.56. The minimum Gasteiger partial charge on any atom is -0.374 e.